The zero-order valence-electron chi connectivity index (χ0n) is 6.68. The Morgan fingerprint density at radius 1 is 1.38 bits per heavy atom. The molecule has 1 aromatic carbocycles. The van der Waals surface area contributed by atoms with Crippen LogP contribution < -0.4 is 8.85 Å². The lowest BCUT2D eigenvalue weighted by Gasteiger charge is -2.02. The molecule has 70 valence electrons. The van der Waals surface area contributed by atoms with Crippen molar-refractivity contribution in [3.05, 3.63) is 35.6 Å². The van der Waals surface area contributed by atoms with Crippen molar-refractivity contribution in [3.63, 3.8) is 0 Å². The summed E-state index contributed by atoms with van der Waals surface area (Å²) in [6, 6.07) is 5.72. The lowest BCUT2D eigenvalue weighted by atomic mass is 10.2. The van der Waals surface area contributed by atoms with Crippen LogP contribution in [0.5, 0.6) is 0 Å². The van der Waals surface area contributed by atoms with Crippen molar-refractivity contribution in [3.8, 4) is 0 Å². The van der Waals surface area contributed by atoms with E-state index in [-0.39, 0.29) is 11.8 Å². The largest absolute Gasteiger partial charge is 0.333 e. The van der Waals surface area contributed by atoms with Crippen molar-refractivity contribution in [1.82, 2.24) is 8.85 Å². The molecule has 2 N–H and O–H groups in total. The van der Waals surface area contributed by atoms with E-state index in [2.05, 4.69) is 8.85 Å². The summed E-state index contributed by atoms with van der Waals surface area (Å²) in [6.07, 6.45) is 0. The van der Waals surface area contributed by atoms with Gasteiger partial charge in [-0.15, -0.1) is 0 Å². The predicted octanol–water partition coefficient (Wildman–Crippen LogP) is 1.97. The summed E-state index contributed by atoms with van der Waals surface area (Å²) in [4.78, 5) is 10.7. The number of amides is 2. The van der Waals surface area contributed by atoms with Gasteiger partial charge in [0.2, 0.25) is 0 Å². The summed E-state index contributed by atoms with van der Waals surface area (Å²) >= 11 is 1.74. The van der Waals surface area contributed by atoms with Gasteiger partial charge in [-0.2, -0.15) is 0 Å². The number of carbonyl (C=O) groups is 1. The normalized spacial score (nSPS) is 9.38. The molecular formula is C8H8FIN2O. The molecule has 0 heterocycles. The van der Waals surface area contributed by atoms with Crippen LogP contribution in [-0.2, 0) is 6.54 Å². The molecular weight excluding hydrogens is 286 g/mol. The van der Waals surface area contributed by atoms with Crippen molar-refractivity contribution in [2.45, 2.75) is 6.54 Å². The van der Waals surface area contributed by atoms with Crippen molar-refractivity contribution in [2.24, 2.45) is 0 Å². The van der Waals surface area contributed by atoms with Crippen LogP contribution in [0.15, 0.2) is 24.3 Å². The summed E-state index contributed by atoms with van der Waals surface area (Å²) in [5.41, 5.74) is 0.862. The minimum atomic E-state index is -0.276. The Kier molecular flexibility index (Phi) is 3.94. The molecule has 0 saturated heterocycles. The Labute approximate surface area is 89.2 Å². The number of rotatable bonds is 2. The van der Waals surface area contributed by atoms with Crippen molar-refractivity contribution < 1.29 is 9.18 Å². The molecule has 2 amide bonds. The number of hydrogen-bond acceptors (Lipinski definition) is 1. The van der Waals surface area contributed by atoms with Gasteiger partial charge < -0.3 is 5.32 Å². The van der Waals surface area contributed by atoms with E-state index in [0.717, 1.165) is 5.56 Å². The molecule has 1 rings (SSSR count). The summed E-state index contributed by atoms with van der Waals surface area (Å²) < 4.78 is 14.8. The second-order valence-electron chi connectivity index (χ2n) is 2.40. The van der Waals surface area contributed by atoms with Gasteiger partial charge in [0, 0.05) is 6.54 Å². The average molecular weight is 294 g/mol. The van der Waals surface area contributed by atoms with Crippen LogP contribution >= 0.6 is 22.9 Å². The molecule has 0 saturated carbocycles. The van der Waals surface area contributed by atoms with E-state index in [1.165, 1.54) is 12.1 Å². The summed E-state index contributed by atoms with van der Waals surface area (Å²) in [7, 11) is 0. The number of benzene rings is 1. The van der Waals surface area contributed by atoms with E-state index < -0.39 is 0 Å². The fourth-order valence-electron chi connectivity index (χ4n) is 0.818. The summed E-state index contributed by atoms with van der Waals surface area (Å²) in [6.45, 7) is 0.398. The molecule has 0 aromatic heterocycles. The number of halogens is 2. The third-order valence-electron chi connectivity index (χ3n) is 1.45. The molecule has 0 aliphatic rings. The molecule has 0 fully saturated rings. The second kappa shape index (κ2) is 5.00. The van der Waals surface area contributed by atoms with Crippen LogP contribution in [0.3, 0.4) is 0 Å². The predicted molar refractivity (Wildman–Crippen MR) is 55.8 cm³/mol. The standard InChI is InChI=1S/C8H8FIN2O/c9-7-3-1-6(2-4-7)5-11-8(13)12-10/h1-4H,5H2,(H2,11,12,13). The smallest absolute Gasteiger partial charge is 0.323 e. The Morgan fingerprint density at radius 3 is 2.54 bits per heavy atom. The van der Waals surface area contributed by atoms with Gasteiger partial charge in [0.15, 0.2) is 0 Å². The van der Waals surface area contributed by atoms with Crippen molar-refractivity contribution in [2.75, 3.05) is 0 Å². The van der Waals surface area contributed by atoms with Gasteiger partial charge >= 0.3 is 6.03 Å². The molecule has 13 heavy (non-hydrogen) atoms. The first-order chi connectivity index (χ1) is 6.22. The zero-order valence-corrected chi connectivity index (χ0v) is 8.84. The van der Waals surface area contributed by atoms with E-state index in [0.29, 0.717) is 6.54 Å². The number of carbonyl (C=O) groups excluding carboxylic acids is 1. The van der Waals surface area contributed by atoms with Crippen LogP contribution in [0.2, 0.25) is 0 Å². The van der Waals surface area contributed by atoms with Gasteiger partial charge in [-0.3, -0.25) is 3.53 Å². The van der Waals surface area contributed by atoms with E-state index in [1.807, 2.05) is 0 Å². The summed E-state index contributed by atoms with van der Waals surface area (Å²) in [5.74, 6) is -0.276. The first kappa shape index (κ1) is 10.2. The first-order valence-electron chi connectivity index (χ1n) is 3.61. The van der Waals surface area contributed by atoms with Crippen LogP contribution in [0.1, 0.15) is 5.56 Å². The number of urea groups is 1. The van der Waals surface area contributed by atoms with E-state index in [1.54, 1.807) is 35.0 Å². The van der Waals surface area contributed by atoms with E-state index in [9.17, 15) is 9.18 Å². The third kappa shape index (κ3) is 3.58. The van der Waals surface area contributed by atoms with Crippen molar-refractivity contribution >= 4 is 28.9 Å². The molecule has 0 aliphatic carbocycles. The Bertz CT molecular complexity index is 289. The van der Waals surface area contributed by atoms with Gasteiger partial charge in [0.05, 0.1) is 22.9 Å². The average Bonchev–Trinajstić information content (AvgIpc) is 2.16. The maximum Gasteiger partial charge on any atom is 0.323 e. The van der Waals surface area contributed by atoms with Gasteiger partial charge in [0.25, 0.3) is 0 Å². The molecule has 0 bridgehead atoms. The van der Waals surface area contributed by atoms with Crippen LogP contribution in [0.4, 0.5) is 9.18 Å². The first-order valence-corrected chi connectivity index (χ1v) is 4.69. The maximum atomic E-state index is 12.5. The molecule has 0 spiro atoms. The van der Waals surface area contributed by atoms with E-state index in [4.69, 9.17) is 0 Å². The summed E-state index contributed by atoms with van der Waals surface area (Å²) in [5, 5.41) is 2.59. The van der Waals surface area contributed by atoms with E-state index >= 15 is 0 Å². The van der Waals surface area contributed by atoms with Crippen LogP contribution in [-0.4, -0.2) is 6.03 Å². The van der Waals surface area contributed by atoms with Gasteiger partial charge in [-0.1, -0.05) is 12.1 Å². The molecule has 0 aliphatic heterocycles. The highest BCUT2D eigenvalue weighted by molar-refractivity contribution is 14.1. The quantitative estimate of drug-likeness (QED) is 0.635. The number of nitrogens with one attached hydrogen (secondary N) is 2. The molecule has 5 heteroatoms. The molecule has 3 nitrogen and oxygen atoms in total. The van der Waals surface area contributed by atoms with Gasteiger partial charge in [-0.05, 0) is 17.7 Å². The lowest BCUT2D eigenvalue weighted by molar-refractivity contribution is 0.247. The monoisotopic (exact) mass is 294 g/mol. The SMILES string of the molecule is O=C(NI)NCc1ccc(F)cc1. The fourth-order valence-corrected chi connectivity index (χ4v) is 1.01. The minimum absolute atomic E-state index is 0.259. The molecule has 0 atom stereocenters. The Morgan fingerprint density at radius 2 is 2.00 bits per heavy atom. The zero-order chi connectivity index (χ0) is 9.68. The van der Waals surface area contributed by atoms with Crippen LogP contribution in [0.25, 0.3) is 0 Å². The number of hydrogen-bond donors (Lipinski definition) is 2. The molecule has 0 unspecified atom stereocenters. The maximum absolute atomic E-state index is 12.5. The highest BCUT2D eigenvalue weighted by atomic mass is 127. The minimum Gasteiger partial charge on any atom is -0.333 e. The lowest BCUT2D eigenvalue weighted by Crippen LogP contribution is -2.28. The third-order valence-corrected chi connectivity index (χ3v) is 1.94. The molecule has 1 aromatic rings. The van der Waals surface area contributed by atoms with Gasteiger partial charge in [0.1, 0.15) is 5.82 Å². The Balaban J connectivity index is 2.46. The Hall–Kier alpha value is -0.850. The van der Waals surface area contributed by atoms with Gasteiger partial charge in [-0.25, -0.2) is 9.18 Å². The topological polar surface area (TPSA) is 41.1 Å². The molecule has 0 radical (unpaired) electrons. The van der Waals surface area contributed by atoms with Crippen LogP contribution in [0, 0.1) is 5.82 Å². The fraction of sp³-hybridized carbons (Fsp3) is 0.125. The highest BCUT2D eigenvalue weighted by Gasteiger charge is 1.97. The highest BCUT2D eigenvalue weighted by Crippen LogP contribution is 2.01. The second-order valence-corrected chi connectivity index (χ2v) is 2.94. The van der Waals surface area contributed by atoms with Crippen molar-refractivity contribution in [1.29, 1.82) is 0 Å².